The third-order valence-electron chi connectivity index (χ3n) is 2.03. The highest BCUT2D eigenvalue weighted by atomic mass is 16.5. The van der Waals surface area contributed by atoms with Crippen LogP contribution in [0.4, 0.5) is 11.4 Å². The molecule has 1 N–H and O–H groups in total. The van der Waals surface area contributed by atoms with Gasteiger partial charge in [-0.3, -0.25) is 4.79 Å². The maximum atomic E-state index is 11.4. The highest BCUT2D eigenvalue weighted by molar-refractivity contribution is 5.99. The molecule has 1 aromatic rings. The van der Waals surface area contributed by atoms with E-state index in [0.29, 0.717) is 18.0 Å². The lowest BCUT2D eigenvalue weighted by Gasteiger charge is -2.06. The smallest absolute Gasteiger partial charge is 0.251 e. The van der Waals surface area contributed by atoms with Crippen molar-refractivity contribution in [3.05, 3.63) is 35.4 Å². The summed E-state index contributed by atoms with van der Waals surface area (Å²) >= 11 is 0. The minimum atomic E-state index is -0.336. The van der Waals surface area contributed by atoms with E-state index in [4.69, 9.17) is 9.47 Å². The lowest BCUT2D eigenvalue weighted by atomic mass is 10.2. The Bertz CT molecular complexity index is 457. The molecule has 6 heteroatoms. The van der Waals surface area contributed by atoms with Crippen molar-refractivity contribution in [2.45, 2.75) is 6.92 Å². The Labute approximate surface area is 105 Å². The van der Waals surface area contributed by atoms with E-state index in [-0.39, 0.29) is 11.6 Å². The zero-order valence-corrected chi connectivity index (χ0v) is 10.2. The Morgan fingerprint density at radius 1 is 1.50 bits per heavy atom. The van der Waals surface area contributed by atoms with Crippen LogP contribution >= 0.6 is 0 Å². The summed E-state index contributed by atoms with van der Waals surface area (Å²) in [6, 6.07) is 4.54. The molecule has 0 radical (unpaired) electrons. The minimum absolute atomic E-state index is 0.181. The van der Waals surface area contributed by atoms with Gasteiger partial charge in [-0.1, -0.05) is 0 Å². The van der Waals surface area contributed by atoms with Gasteiger partial charge in [-0.05, 0) is 24.2 Å². The van der Waals surface area contributed by atoms with E-state index in [2.05, 4.69) is 10.5 Å². The quantitative estimate of drug-likeness (QED) is 0.478. The highest BCUT2D eigenvalue weighted by Crippen LogP contribution is 2.29. The molecular formula is C12H14N2O4. The van der Waals surface area contributed by atoms with Crippen LogP contribution in [0.5, 0.6) is 5.75 Å². The summed E-state index contributed by atoms with van der Waals surface area (Å²) in [4.78, 5) is 21.9. The minimum Gasteiger partial charge on any atom is -0.501 e. The zero-order chi connectivity index (χ0) is 13.4. The summed E-state index contributed by atoms with van der Waals surface area (Å²) in [5.74, 6) is -0.0334. The number of hydrogen-bond acceptors (Lipinski definition) is 5. The Hall–Kier alpha value is -2.37. The number of carbonyl (C=O) groups excluding carboxylic acids is 1. The number of nitroso groups, excluding NO2 is 1. The molecule has 1 rings (SSSR count). The van der Waals surface area contributed by atoms with Gasteiger partial charge in [0.2, 0.25) is 0 Å². The second-order valence-corrected chi connectivity index (χ2v) is 3.23. The van der Waals surface area contributed by atoms with Gasteiger partial charge >= 0.3 is 0 Å². The van der Waals surface area contributed by atoms with Crippen molar-refractivity contribution in [3.8, 4) is 5.75 Å². The SMILES string of the molecule is CCO/C=C/C(=O)Nc1ccc(N=O)c(OC)c1. The van der Waals surface area contributed by atoms with Crippen molar-refractivity contribution < 1.29 is 14.3 Å². The fourth-order valence-electron chi connectivity index (χ4n) is 1.22. The standard InChI is InChI=1S/C12H14N2O4/c1-3-18-7-6-12(15)13-9-4-5-10(14-16)11(8-9)17-2/h4-8H,3H2,1-2H3,(H,13,15)/b7-6+. The molecule has 0 aliphatic rings. The van der Waals surface area contributed by atoms with E-state index in [9.17, 15) is 9.70 Å². The number of methoxy groups -OCH3 is 1. The molecule has 0 saturated carbocycles. The van der Waals surface area contributed by atoms with Crippen molar-refractivity contribution in [3.63, 3.8) is 0 Å². The third kappa shape index (κ3) is 3.89. The Morgan fingerprint density at radius 3 is 2.89 bits per heavy atom. The Morgan fingerprint density at radius 2 is 2.28 bits per heavy atom. The predicted molar refractivity (Wildman–Crippen MR) is 67.8 cm³/mol. The van der Waals surface area contributed by atoms with Gasteiger partial charge in [0.25, 0.3) is 5.91 Å². The van der Waals surface area contributed by atoms with E-state index in [0.717, 1.165) is 0 Å². The van der Waals surface area contributed by atoms with Crippen molar-refractivity contribution in [2.24, 2.45) is 5.18 Å². The monoisotopic (exact) mass is 250 g/mol. The van der Waals surface area contributed by atoms with Crippen LogP contribution < -0.4 is 10.1 Å². The second kappa shape index (κ2) is 7.05. The average molecular weight is 250 g/mol. The Balaban J connectivity index is 2.73. The number of hydrogen-bond donors (Lipinski definition) is 1. The molecule has 0 fully saturated rings. The second-order valence-electron chi connectivity index (χ2n) is 3.23. The molecule has 0 aliphatic heterocycles. The maximum absolute atomic E-state index is 11.4. The van der Waals surface area contributed by atoms with Gasteiger partial charge in [0.05, 0.1) is 20.0 Å². The lowest BCUT2D eigenvalue weighted by molar-refractivity contribution is -0.112. The molecule has 0 saturated heterocycles. The summed E-state index contributed by atoms with van der Waals surface area (Å²) in [6.07, 6.45) is 2.58. The van der Waals surface area contributed by atoms with E-state index >= 15 is 0 Å². The van der Waals surface area contributed by atoms with Gasteiger partial charge in [-0.25, -0.2) is 0 Å². The molecule has 96 valence electrons. The number of ether oxygens (including phenoxy) is 2. The van der Waals surface area contributed by atoms with Gasteiger partial charge in [0, 0.05) is 17.8 Å². The number of carbonyl (C=O) groups is 1. The third-order valence-corrected chi connectivity index (χ3v) is 2.03. The summed E-state index contributed by atoms with van der Waals surface area (Å²) in [5.41, 5.74) is 0.686. The molecule has 6 nitrogen and oxygen atoms in total. The number of amides is 1. The topological polar surface area (TPSA) is 77.0 Å². The van der Waals surface area contributed by atoms with Crippen LogP contribution in [-0.2, 0) is 9.53 Å². The number of anilines is 1. The molecule has 18 heavy (non-hydrogen) atoms. The van der Waals surface area contributed by atoms with Crippen LogP contribution in [0.1, 0.15) is 6.92 Å². The van der Waals surface area contributed by atoms with Gasteiger partial charge in [-0.15, -0.1) is 4.91 Å². The fraction of sp³-hybridized carbons (Fsp3) is 0.250. The number of nitrogens with zero attached hydrogens (tertiary/aromatic N) is 1. The molecule has 0 heterocycles. The molecule has 1 amide bonds. The summed E-state index contributed by atoms with van der Waals surface area (Å²) in [7, 11) is 1.42. The molecule has 0 aliphatic carbocycles. The zero-order valence-electron chi connectivity index (χ0n) is 10.2. The fourth-order valence-corrected chi connectivity index (χ4v) is 1.22. The van der Waals surface area contributed by atoms with Gasteiger partial charge < -0.3 is 14.8 Å². The van der Waals surface area contributed by atoms with Crippen LogP contribution in [0.15, 0.2) is 35.7 Å². The predicted octanol–water partition coefficient (Wildman–Crippen LogP) is 2.58. The number of rotatable bonds is 6. The summed E-state index contributed by atoms with van der Waals surface area (Å²) < 4.78 is 9.87. The lowest BCUT2D eigenvalue weighted by Crippen LogP contribution is -2.08. The summed E-state index contributed by atoms with van der Waals surface area (Å²) in [5, 5.41) is 5.40. The molecular weight excluding hydrogens is 236 g/mol. The van der Waals surface area contributed by atoms with Crippen molar-refractivity contribution >= 4 is 17.3 Å². The van der Waals surface area contributed by atoms with E-state index in [1.165, 1.54) is 31.6 Å². The first kappa shape index (κ1) is 13.7. The molecule has 0 spiro atoms. The first-order chi connectivity index (χ1) is 8.71. The van der Waals surface area contributed by atoms with Crippen molar-refractivity contribution in [1.29, 1.82) is 0 Å². The van der Waals surface area contributed by atoms with Gasteiger partial charge in [-0.2, -0.15) is 0 Å². The normalized spacial score (nSPS) is 10.1. The van der Waals surface area contributed by atoms with Crippen LogP contribution in [0, 0.1) is 4.91 Å². The molecule has 0 atom stereocenters. The van der Waals surface area contributed by atoms with Gasteiger partial charge in [0.15, 0.2) is 0 Å². The van der Waals surface area contributed by atoms with Crippen molar-refractivity contribution in [2.75, 3.05) is 19.0 Å². The van der Waals surface area contributed by atoms with Crippen LogP contribution in [0.2, 0.25) is 0 Å². The largest absolute Gasteiger partial charge is 0.501 e. The first-order valence-corrected chi connectivity index (χ1v) is 5.31. The van der Waals surface area contributed by atoms with E-state index in [1.807, 2.05) is 6.92 Å². The molecule has 0 aromatic heterocycles. The van der Waals surface area contributed by atoms with Crippen LogP contribution in [-0.4, -0.2) is 19.6 Å². The van der Waals surface area contributed by atoms with E-state index in [1.54, 1.807) is 6.07 Å². The Kier molecular flexibility index (Phi) is 5.37. The van der Waals surface area contributed by atoms with Gasteiger partial charge in [0.1, 0.15) is 11.4 Å². The molecule has 0 unspecified atom stereocenters. The molecule has 0 bridgehead atoms. The first-order valence-electron chi connectivity index (χ1n) is 5.31. The number of nitrogens with one attached hydrogen (secondary N) is 1. The maximum Gasteiger partial charge on any atom is 0.251 e. The van der Waals surface area contributed by atoms with Crippen molar-refractivity contribution in [1.82, 2.24) is 0 Å². The number of benzene rings is 1. The molecule has 1 aromatic carbocycles. The highest BCUT2D eigenvalue weighted by Gasteiger charge is 2.05. The van der Waals surface area contributed by atoms with Crippen LogP contribution in [0.3, 0.4) is 0 Å². The van der Waals surface area contributed by atoms with Crippen LogP contribution in [0.25, 0.3) is 0 Å². The average Bonchev–Trinajstić information content (AvgIpc) is 2.39. The summed E-state index contributed by atoms with van der Waals surface area (Å²) in [6.45, 7) is 2.32. The van der Waals surface area contributed by atoms with E-state index < -0.39 is 0 Å².